The van der Waals surface area contributed by atoms with Gasteiger partial charge in [-0.1, -0.05) is 24.6 Å². The lowest BCUT2D eigenvalue weighted by Crippen LogP contribution is -2.35. The molecule has 0 unspecified atom stereocenters. The molecule has 0 radical (unpaired) electrons. The number of para-hydroxylation sites is 1. The van der Waals surface area contributed by atoms with Gasteiger partial charge in [0.05, 0.1) is 24.1 Å². The number of esters is 1. The first-order chi connectivity index (χ1) is 14.1. The molecule has 0 N–H and O–H groups in total. The van der Waals surface area contributed by atoms with E-state index in [0.717, 1.165) is 36.8 Å². The minimum absolute atomic E-state index is 0.279. The number of ether oxygens (including phenoxy) is 1. The molecule has 2 aromatic rings. The molecule has 0 saturated heterocycles. The van der Waals surface area contributed by atoms with Crippen molar-refractivity contribution < 1.29 is 22.1 Å². The fraction of sp³-hybridized carbons (Fsp3) is 0.591. The highest BCUT2D eigenvalue weighted by atomic mass is 32.2. The third-order valence-corrected chi connectivity index (χ3v) is 6.83. The first-order valence-electron chi connectivity index (χ1n) is 10.4. The lowest BCUT2D eigenvalue weighted by atomic mass is 9.86. The van der Waals surface area contributed by atoms with Crippen molar-refractivity contribution >= 4 is 27.2 Å². The minimum atomic E-state index is -4.10. The maximum Gasteiger partial charge on any atom is 0.366 e. The van der Waals surface area contributed by atoms with Crippen LogP contribution in [0.25, 0.3) is 10.9 Å². The molecule has 8 heteroatoms. The van der Waals surface area contributed by atoms with Gasteiger partial charge in [0.25, 0.3) is 0 Å². The van der Waals surface area contributed by atoms with E-state index < -0.39 is 21.7 Å². The second-order valence-corrected chi connectivity index (χ2v) is 10.5. The highest BCUT2D eigenvalue weighted by Crippen LogP contribution is 2.29. The Morgan fingerprint density at radius 2 is 1.93 bits per heavy atom. The molecule has 0 spiro atoms. The number of carbonyl (C=O) groups is 1. The molecule has 3 rings (SSSR count). The zero-order chi connectivity index (χ0) is 21.9. The van der Waals surface area contributed by atoms with Crippen LogP contribution in [0, 0.1) is 11.3 Å². The zero-order valence-corrected chi connectivity index (χ0v) is 19.1. The zero-order valence-electron chi connectivity index (χ0n) is 18.3. The smallest absolute Gasteiger partial charge is 0.366 e. The maximum absolute atomic E-state index is 13.0. The first kappa shape index (κ1) is 22.8. The predicted molar refractivity (Wildman–Crippen MR) is 117 cm³/mol. The Morgan fingerprint density at radius 3 is 2.57 bits per heavy atom. The molecule has 1 aliphatic rings. The van der Waals surface area contributed by atoms with Gasteiger partial charge < -0.3 is 9.64 Å². The fourth-order valence-electron chi connectivity index (χ4n) is 3.33. The van der Waals surface area contributed by atoms with Gasteiger partial charge in [0, 0.05) is 18.1 Å². The summed E-state index contributed by atoms with van der Waals surface area (Å²) in [6.45, 7) is 4.20. The normalized spacial score (nSPS) is 15.5. The van der Waals surface area contributed by atoms with Gasteiger partial charge >= 0.3 is 16.3 Å². The van der Waals surface area contributed by atoms with Gasteiger partial charge in [0.1, 0.15) is 0 Å². The average molecular weight is 437 g/mol. The van der Waals surface area contributed by atoms with Crippen LogP contribution in [0.4, 0.5) is 0 Å². The number of carbonyl (C=O) groups excluding carboxylic acids is 1. The molecule has 0 bridgehead atoms. The van der Waals surface area contributed by atoms with Crippen LogP contribution in [0.5, 0.6) is 0 Å². The monoisotopic (exact) mass is 436 g/mol. The van der Waals surface area contributed by atoms with Gasteiger partial charge in [0.2, 0.25) is 0 Å². The van der Waals surface area contributed by atoms with Gasteiger partial charge in [-0.05, 0) is 64.8 Å². The van der Waals surface area contributed by atoms with E-state index >= 15 is 0 Å². The van der Waals surface area contributed by atoms with E-state index in [0.29, 0.717) is 18.0 Å². The number of likely N-dealkylation sites (N-methyl/N-ethyl adjacent to an activating group) is 1. The van der Waals surface area contributed by atoms with E-state index in [2.05, 4.69) is 4.90 Å². The number of hydrogen-bond acceptors (Lipinski definition) is 6. The average Bonchev–Trinajstić information content (AvgIpc) is 3.03. The van der Waals surface area contributed by atoms with Crippen molar-refractivity contribution in [1.29, 1.82) is 0 Å². The number of benzene rings is 1. The molecular formula is C22H32N2O5S. The largest absolute Gasteiger partial charge is 0.465 e. The molecule has 1 aromatic carbocycles. The van der Waals surface area contributed by atoms with E-state index in [1.165, 1.54) is 10.4 Å². The Morgan fingerprint density at radius 1 is 1.23 bits per heavy atom. The van der Waals surface area contributed by atoms with Gasteiger partial charge in [0.15, 0.2) is 0 Å². The van der Waals surface area contributed by atoms with Crippen molar-refractivity contribution in [2.45, 2.75) is 39.5 Å². The summed E-state index contributed by atoms with van der Waals surface area (Å²) in [6.07, 6.45) is 5.67. The molecule has 30 heavy (non-hydrogen) atoms. The van der Waals surface area contributed by atoms with Crippen LogP contribution >= 0.6 is 0 Å². The molecule has 1 saturated carbocycles. The molecule has 7 nitrogen and oxygen atoms in total. The summed E-state index contributed by atoms with van der Waals surface area (Å²) < 4.78 is 37.8. The second kappa shape index (κ2) is 9.08. The van der Waals surface area contributed by atoms with Crippen molar-refractivity contribution in [2.24, 2.45) is 11.3 Å². The standard InChI is InChI=1S/C22H32N2O5S/c1-22(2,21(25)28-15-17-8-7-9-17)16-29-30(26,27)24-14-18(12-13-23(3)4)19-10-5-6-11-20(19)24/h5-6,10-11,14,17H,7-9,12-13,15-16H2,1-4H3. The van der Waals surface area contributed by atoms with Crippen LogP contribution in [0.2, 0.25) is 0 Å². The number of rotatable bonds is 10. The molecule has 0 atom stereocenters. The summed E-state index contributed by atoms with van der Waals surface area (Å²) >= 11 is 0. The number of aromatic nitrogens is 1. The van der Waals surface area contributed by atoms with Crippen molar-refractivity contribution in [3.63, 3.8) is 0 Å². The van der Waals surface area contributed by atoms with Crippen LogP contribution in [0.1, 0.15) is 38.7 Å². The Labute approximate surface area is 179 Å². The summed E-state index contributed by atoms with van der Waals surface area (Å²) in [6, 6.07) is 7.36. The topological polar surface area (TPSA) is 77.8 Å². The quantitative estimate of drug-likeness (QED) is 0.532. The molecule has 0 amide bonds. The third kappa shape index (κ3) is 5.22. The summed E-state index contributed by atoms with van der Waals surface area (Å²) in [5.41, 5.74) is 0.440. The van der Waals surface area contributed by atoms with Gasteiger partial charge in [-0.3, -0.25) is 8.98 Å². The van der Waals surface area contributed by atoms with Crippen molar-refractivity contribution in [3.05, 3.63) is 36.0 Å². The van der Waals surface area contributed by atoms with Crippen LogP contribution < -0.4 is 0 Å². The lowest BCUT2D eigenvalue weighted by Gasteiger charge is -2.27. The molecule has 1 heterocycles. The highest BCUT2D eigenvalue weighted by Gasteiger charge is 2.34. The van der Waals surface area contributed by atoms with E-state index in [1.54, 1.807) is 32.2 Å². The van der Waals surface area contributed by atoms with Gasteiger partial charge in [-0.15, -0.1) is 0 Å². The van der Waals surface area contributed by atoms with E-state index in [1.807, 2.05) is 26.2 Å². The molecular weight excluding hydrogens is 404 g/mol. The van der Waals surface area contributed by atoms with E-state index in [9.17, 15) is 13.2 Å². The SMILES string of the molecule is CN(C)CCc1cn(S(=O)(=O)OCC(C)(C)C(=O)OCC2CCC2)c2ccccc12. The second-order valence-electron chi connectivity index (χ2n) is 9.02. The van der Waals surface area contributed by atoms with Gasteiger partial charge in [-0.2, -0.15) is 8.42 Å². The summed E-state index contributed by atoms with van der Waals surface area (Å²) in [4.78, 5) is 14.5. The minimum Gasteiger partial charge on any atom is -0.465 e. The molecule has 0 aliphatic heterocycles. The molecule has 166 valence electrons. The number of fused-ring (bicyclic) bond motifs is 1. The summed E-state index contributed by atoms with van der Waals surface area (Å²) in [5, 5.41) is 0.880. The van der Waals surface area contributed by atoms with Crippen molar-refractivity contribution in [1.82, 2.24) is 8.87 Å². The summed E-state index contributed by atoms with van der Waals surface area (Å²) in [7, 11) is -0.146. The van der Waals surface area contributed by atoms with E-state index in [-0.39, 0.29) is 6.61 Å². The summed E-state index contributed by atoms with van der Waals surface area (Å²) in [5.74, 6) is -0.00476. The highest BCUT2D eigenvalue weighted by molar-refractivity contribution is 7.85. The maximum atomic E-state index is 13.0. The van der Waals surface area contributed by atoms with Gasteiger partial charge in [-0.25, -0.2) is 3.97 Å². The Balaban J connectivity index is 1.73. The molecule has 1 aliphatic carbocycles. The fourth-order valence-corrected chi connectivity index (χ4v) is 4.55. The number of hydrogen-bond donors (Lipinski definition) is 0. The van der Waals surface area contributed by atoms with Crippen LogP contribution in [-0.2, 0) is 30.4 Å². The Kier molecular flexibility index (Phi) is 6.89. The first-order valence-corrected chi connectivity index (χ1v) is 11.8. The van der Waals surface area contributed by atoms with Crippen molar-refractivity contribution in [3.8, 4) is 0 Å². The molecule has 1 aromatic heterocycles. The van der Waals surface area contributed by atoms with Crippen LogP contribution in [-0.4, -0.2) is 57.1 Å². The predicted octanol–water partition coefficient (Wildman–Crippen LogP) is 3.22. The Bertz CT molecular complexity index is 990. The molecule has 1 fully saturated rings. The third-order valence-electron chi connectivity index (χ3n) is 5.63. The van der Waals surface area contributed by atoms with Crippen molar-refractivity contribution in [2.75, 3.05) is 33.9 Å². The van der Waals surface area contributed by atoms with Crippen LogP contribution in [0.15, 0.2) is 30.5 Å². The van der Waals surface area contributed by atoms with E-state index in [4.69, 9.17) is 8.92 Å². The number of nitrogens with zero attached hydrogens (tertiary/aromatic N) is 2. The lowest BCUT2D eigenvalue weighted by molar-refractivity contribution is -0.157. The van der Waals surface area contributed by atoms with Crippen LogP contribution in [0.3, 0.4) is 0 Å². The Hall–Kier alpha value is -1.90.